The van der Waals surface area contributed by atoms with E-state index in [0.29, 0.717) is 61.6 Å². The van der Waals surface area contributed by atoms with Crippen molar-refractivity contribution in [1.82, 2.24) is 15.1 Å². The molecule has 0 aliphatic carbocycles. The third kappa shape index (κ3) is 5.78. The average molecular weight is 487 g/mol. The molecule has 1 saturated heterocycles. The topological polar surface area (TPSA) is 100 Å². The van der Waals surface area contributed by atoms with Gasteiger partial charge in [0.1, 0.15) is 13.2 Å². The highest BCUT2D eigenvalue weighted by molar-refractivity contribution is 6.31. The van der Waals surface area contributed by atoms with Crippen LogP contribution in [0.1, 0.15) is 12.5 Å². The number of anilines is 1. The fraction of sp³-hybridized carbons (Fsp3) is 0.375. The molecule has 4 amide bonds. The Hall–Kier alpha value is -3.30. The van der Waals surface area contributed by atoms with Crippen LogP contribution in [-0.2, 0) is 16.0 Å². The molecule has 2 N–H and O–H groups in total. The molecule has 2 aliphatic heterocycles. The Bertz CT molecular complexity index is 1070. The second-order valence-corrected chi connectivity index (χ2v) is 8.57. The summed E-state index contributed by atoms with van der Waals surface area (Å²) in [5.41, 5.74) is 1.29. The summed E-state index contributed by atoms with van der Waals surface area (Å²) < 4.78 is 11.0. The number of rotatable bonds is 5. The Morgan fingerprint density at radius 3 is 2.44 bits per heavy atom. The molecule has 0 spiro atoms. The Morgan fingerprint density at radius 2 is 1.71 bits per heavy atom. The lowest BCUT2D eigenvalue weighted by molar-refractivity contribution is -0.133. The zero-order chi connectivity index (χ0) is 24.1. The molecule has 1 unspecified atom stereocenters. The number of imide groups is 1. The first-order valence-corrected chi connectivity index (χ1v) is 11.6. The van der Waals surface area contributed by atoms with Crippen molar-refractivity contribution < 1.29 is 23.9 Å². The van der Waals surface area contributed by atoms with Crippen molar-refractivity contribution in [1.29, 1.82) is 0 Å². The largest absolute Gasteiger partial charge is 0.486 e. The van der Waals surface area contributed by atoms with Gasteiger partial charge in [-0.15, -0.1) is 0 Å². The molecule has 2 heterocycles. The van der Waals surface area contributed by atoms with Crippen molar-refractivity contribution in [2.75, 3.05) is 44.7 Å². The molecule has 2 aliphatic rings. The van der Waals surface area contributed by atoms with Crippen LogP contribution in [0.5, 0.6) is 11.5 Å². The van der Waals surface area contributed by atoms with Crippen molar-refractivity contribution in [2.24, 2.45) is 0 Å². The van der Waals surface area contributed by atoms with E-state index in [4.69, 9.17) is 21.1 Å². The molecule has 0 saturated carbocycles. The van der Waals surface area contributed by atoms with Crippen LogP contribution >= 0.6 is 11.6 Å². The SMILES string of the molecule is CC(C(=O)NC(=O)Nc1ccc2c(c1)OCCO2)N1CCN(C(=O)Cc2ccccc2Cl)CC1. The zero-order valence-electron chi connectivity index (χ0n) is 18.9. The van der Waals surface area contributed by atoms with Gasteiger partial charge in [-0.3, -0.25) is 19.8 Å². The third-order valence-corrected chi connectivity index (χ3v) is 6.30. The van der Waals surface area contributed by atoms with E-state index in [0.717, 1.165) is 5.56 Å². The predicted octanol–water partition coefficient (Wildman–Crippen LogP) is 2.53. The van der Waals surface area contributed by atoms with E-state index in [2.05, 4.69) is 10.6 Å². The zero-order valence-corrected chi connectivity index (χ0v) is 19.6. The molecule has 1 atom stereocenters. The molecule has 9 nitrogen and oxygen atoms in total. The highest BCUT2D eigenvalue weighted by atomic mass is 35.5. The van der Waals surface area contributed by atoms with Crippen LogP contribution in [0, 0.1) is 0 Å². The predicted molar refractivity (Wildman–Crippen MR) is 127 cm³/mol. The molecule has 0 aromatic heterocycles. The summed E-state index contributed by atoms with van der Waals surface area (Å²) in [6, 6.07) is 11.2. The van der Waals surface area contributed by atoms with Crippen molar-refractivity contribution in [3.63, 3.8) is 0 Å². The maximum absolute atomic E-state index is 12.6. The standard InChI is InChI=1S/C24H27ClN4O5/c1-16(23(31)27-24(32)26-18-6-7-20-21(15-18)34-13-12-33-20)28-8-10-29(11-9-28)22(30)14-17-4-2-3-5-19(17)25/h2-7,15-16H,8-14H2,1H3,(H2,26,27,31,32). The Morgan fingerprint density at radius 1 is 1.00 bits per heavy atom. The van der Waals surface area contributed by atoms with Crippen LogP contribution in [0.25, 0.3) is 0 Å². The lowest BCUT2D eigenvalue weighted by atomic mass is 10.1. The number of piperazine rings is 1. The van der Waals surface area contributed by atoms with Gasteiger partial charge in [0.15, 0.2) is 11.5 Å². The van der Waals surface area contributed by atoms with E-state index < -0.39 is 18.0 Å². The first-order valence-electron chi connectivity index (χ1n) is 11.2. The van der Waals surface area contributed by atoms with Gasteiger partial charge in [-0.2, -0.15) is 0 Å². The van der Waals surface area contributed by atoms with E-state index in [1.54, 1.807) is 36.1 Å². The number of urea groups is 1. The van der Waals surface area contributed by atoms with Crippen LogP contribution in [0.3, 0.4) is 0 Å². The third-order valence-electron chi connectivity index (χ3n) is 5.93. The number of nitrogens with zero attached hydrogens (tertiary/aromatic N) is 2. The highest BCUT2D eigenvalue weighted by Crippen LogP contribution is 2.32. The molecule has 0 bridgehead atoms. The molecule has 2 aromatic carbocycles. The lowest BCUT2D eigenvalue weighted by Gasteiger charge is -2.37. The van der Waals surface area contributed by atoms with Crippen LogP contribution in [-0.4, -0.2) is 73.1 Å². The number of hydrogen-bond donors (Lipinski definition) is 2. The summed E-state index contributed by atoms with van der Waals surface area (Å²) in [5.74, 6) is 0.756. The first-order chi connectivity index (χ1) is 16.4. The van der Waals surface area contributed by atoms with Gasteiger partial charge in [0.25, 0.3) is 0 Å². The molecule has 2 aromatic rings. The average Bonchev–Trinajstić information content (AvgIpc) is 2.85. The smallest absolute Gasteiger partial charge is 0.325 e. The van der Waals surface area contributed by atoms with Crippen LogP contribution in [0.15, 0.2) is 42.5 Å². The van der Waals surface area contributed by atoms with Gasteiger partial charge < -0.3 is 19.7 Å². The summed E-state index contributed by atoms with van der Waals surface area (Å²) in [6.45, 7) is 4.75. The minimum absolute atomic E-state index is 0.00339. The maximum Gasteiger partial charge on any atom is 0.325 e. The molecule has 1 fully saturated rings. The molecular weight excluding hydrogens is 460 g/mol. The summed E-state index contributed by atoms with van der Waals surface area (Å²) in [5, 5.41) is 5.60. The summed E-state index contributed by atoms with van der Waals surface area (Å²) in [6.07, 6.45) is 0.246. The van der Waals surface area contributed by atoms with Crippen LogP contribution in [0.2, 0.25) is 5.02 Å². The summed E-state index contributed by atoms with van der Waals surface area (Å²) in [4.78, 5) is 41.3. The van der Waals surface area contributed by atoms with E-state index in [1.165, 1.54) is 0 Å². The number of amides is 4. The molecular formula is C24H27ClN4O5. The van der Waals surface area contributed by atoms with Crippen molar-refractivity contribution in [3.8, 4) is 11.5 Å². The van der Waals surface area contributed by atoms with Gasteiger partial charge in [0, 0.05) is 43.0 Å². The number of fused-ring (bicyclic) bond motifs is 1. The van der Waals surface area contributed by atoms with Gasteiger partial charge in [0.2, 0.25) is 11.8 Å². The first kappa shape index (κ1) is 23.8. The number of benzene rings is 2. The molecule has 34 heavy (non-hydrogen) atoms. The Balaban J connectivity index is 1.24. The van der Waals surface area contributed by atoms with Crippen molar-refractivity contribution in [3.05, 3.63) is 53.1 Å². The lowest BCUT2D eigenvalue weighted by Crippen LogP contribution is -2.56. The number of carbonyl (C=O) groups is 3. The van der Waals surface area contributed by atoms with Crippen LogP contribution in [0.4, 0.5) is 10.5 Å². The van der Waals surface area contributed by atoms with Gasteiger partial charge in [-0.1, -0.05) is 29.8 Å². The minimum Gasteiger partial charge on any atom is -0.486 e. The molecule has 180 valence electrons. The second-order valence-electron chi connectivity index (χ2n) is 8.16. The van der Waals surface area contributed by atoms with E-state index in [9.17, 15) is 14.4 Å². The van der Waals surface area contributed by atoms with E-state index in [1.807, 2.05) is 23.1 Å². The second kappa shape index (κ2) is 10.8. The number of halogens is 1. The highest BCUT2D eigenvalue weighted by Gasteiger charge is 2.28. The number of nitrogens with one attached hydrogen (secondary N) is 2. The maximum atomic E-state index is 12.6. The minimum atomic E-state index is -0.623. The molecule has 4 rings (SSSR count). The normalized spacial score (nSPS) is 16.5. The molecule has 10 heteroatoms. The monoisotopic (exact) mass is 486 g/mol. The summed E-state index contributed by atoms with van der Waals surface area (Å²) >= 11 is 6.16. The van der Waals surface area contributed by atoms with Gasteiger partial charge in [0.05, 0.1) is 12.5 Å². The van der Waals surface area contributed by atoms with Crippen molar-refractivity contribution >= 4 is 35.1 Å². The fourth-order valence-corrected chi connectivity index (χ4v) is 4.14. The Labute approximate surface area is 202 Å². The Kier molecular flexibility index (Phi) is 7.54. The van der Waals surface area contributed by atoms with Crippen LogP contribution < -0.4 is 20.1 Å². The number of hydrogen-bond acceptors (Lipinski definition) is 6. The number of ether oxygens (including phenoxy) is 2. The fourth-order valence-electron chi connectivity index (χ4n) is 3.94. The summed E-state index contributed by atoms with van der Waals surface area (Å²) in [7, 11) is 0. The quantitative estimate of drug-likeness (QED) is 0.673. The van der Waals surface area contributed by atoms with Crippen molar-refractivity contribution in [2.45, 2.75) is 19.4 Å². The van der Waals surface area contributed by atoms with Gasteiger partial charge >= 0.3 is 6.03 Å². The number of carbonyl (C=O) groups excluding carboxylic acids is 3. The van der Waals surface area contributed by atoms with Gasteiger partial charge in [-0.05, 0) is 30.7 Å². The molecule has 0 radical (unpaired) electrons. The van der Waals surface area contributed by atoms with Gasteiger partial charge in [-0.25, -0.2) is 4.79 Å². The van der Waals surface area contributed by atoms with E-state index >= 15 is 0 Å². The van der Waals surface area contributed by atoms with E-state index in [-0.39, 0.29) is 12.3 Å².